The fourth-order valence-electron chi connectivity index (χ4n) is 3.40. The van der Waals surface area contributed by atoms with E-state index >= 15 is 0 Å². The molecule has 3 nitrogen and oxygen atoms in total. The molecule has 1 heterocycles. The predicted molar refractivity (Wildman–Crippen MR) is 125 cm³/mol. The fourth-order valence-corrected chi connectivity index (χ4v) is 3.40. The standard InChI is InChI=1S/C27H27N3/c1-16-7-10-22(13-19(16)4)25-28-26(23-11-8-17(2)20(5)14-23)30-27(29-25)24-12-9-18(3)21(6)15-24/h7-15H,1-6H3. The molecule has 3 heteroatoms. The Balaban J connectivity index is 1.94. The summed E-state index contributed by atoms with van der Waals surface area (Å²) in [5.74, 6) is 2.11. The molecule has 0 N–H and O–H groups in total. The molecule has 0 radical (unpaired) electrons. The second kappa shape index (κ2) is 7.83. The molecule has 0 spiro atoms. The van der Waals surface area contributed by atoms with Gasteiger partial charge in [-0.1, -0.05) is 36.4 Å². The van der Waals surface area contributed by atoms with Crippen LogP contribution in [0.25, 0.3) is 34.2 Å². The van der Waals surface area contributed by atoms with Gasteiger partial charge in [-0.3, -0.25) is 0 Å². The van der Waals surface area contributed by atoms with Crippen LogP contribution in [0.2, 0.25) is 0 Å². The number of rotatable bonds is 3. The van der Waals surface area contributed by atoms with Gasteiger partial charge in [-0.25, -0.2) is 15.0 Å². The van der Waals surface area contributed by atoms with Gasteiger partial charge >= 0.3 is 0 Å². The number of nitrogens with zero attached hydrogens (tertiary/aromatic N) is 3. The summed E-state index contributed by atoms with van der Waals surface area (Å²) in [5, 5.41) is 0. The topological polar surface area (TPSA) is 38.7 Å². The van der Waals surface area contributed by atoms with Gasteiger partial charge < -0.3 is 0 Å². The molecule has 3 aromatic carbocycles. The van der Waals surface area contributed by atoms with Crippen molar-refractivity contribution in [3.63, 3.8) is 0 Å². The van der Waals surface area contributed by atoms with Gasteiger partial charge in [-0.2, -0.15) is 0 Å². The second-order valence-corrected chi connectivity index (χ2v) is 8.20. The maximum absolute atomic E-state index is 4.86. The first-order chi connectivity index (χ1) is 14.3. The van der Waals surface area contributed by atoms with Gasteiger partial charge in [0.05, 0.1) is 0 Å². The van der Waals surface area contributed by atoms with Crippen molar-refractivity contribution in [1.29, 1.82) is 0 Å². The van der Waals surface area contributed by atoms with Gasteiger partial charge in [-0.15, -0.1) is 0 Å². The first-order valence-electron chi connectivity index (χ1n) is 10.3. The van der Waals surface area contributed by atoms with Crippen LogP contribution in [-0.2, 0) is 0 Å². The number of aromatic nitrogens is 3. The first-order valence-corrected chi connectivity index (χ1v) is 10.3. The van der Waals surface area contributed by atoms with Crippen molar-refractivity contribution < 1.29 is 0 Å². The molecule has 150 valence electrons. The highest BCUT2D eigenvalue weighted by molar-refractivity contribution is 5.68. The molecule has 0 aliphatic heterocycles. The van der Waals surface area contributed by atoms with Crippen molar-refractivity contribution in [2.45, 2.75) is 41.5 Å². The summed E-state index contributed by atoms with van der Waals surface area (Å²) in [4.78, 5) is 14.6. The Morgan fingerprint density at radius 2 is 0.633 bits per heavy atom. The highest BCUT2D eigenvalue weighted by atomic mass is 15.0. The number of aryl methyl sites for hydroxylation is 6. The third-order valence-corrected chi connectivity index (χ3v) is 5.93. The molecule has 4 rings (SSSR count). The van der Waals surface area contributed by atoms with Crippen LogP contribution >= 0.6 is 0 Å². The van der Waals surface area contributed by atoms with Crippen LogP contribution in [-0.4, -0.2) is 15.0 Å². The Morgan fingerprint density at radius 3 is 0.867 bits per heavy atom. The zero-order valence-corrected chi connectivity index (χ0v) is 18.5. The van der Waals surface area contributed by atoms with Gasteiger partial charge in [0.15, 0.2) is 17.5 Å². The molecule has 0 saturated heterocycles. The van der Waals surface area contributed by atoms with Crippen molar-refractivity contribution in [2.75, 3.05) is 0 Å². The summed E-state index contributed by atoms with van der Waals surface area (Å²) < 4.78 is 0. The molecule has 0 fully saturated rings. The summed E-state index contributed by atoms with van der Waals surface area (Å²) in [5.41, 5.74) is 10.5. The van der Waals surface area contributed by atoms with E-state index in [9.17, 15) is 0 Å². The molecular weight excluding hydrogens is 366 g/mol. The largest absolute Gasteiger partial charge is 0.208 e. The zero-order valence-electron chi connectivity index (χ0n) is 18.5. The summed E-state index contributed by atoms with van der Waals surface area (Å²) in [6.07, 6.45) is 0. The zero-order chi connectivity index (χ0) is 21.4. The summed E-state index contributed by atoms with van der Waals surface area (Å²) in [6, 6.07) is 19.1. The minimum atomic E-state index is 0.703. The van der Waals surface area contributed by atoms with E-state index < -0.39 is 0 Å². The molecule has 0 aliphatic carbocycles. The van der Waals surface area contributed by atoms with Crippen LogP contribution in [0, 0.1) is 41.5 Å². The Hall–Kier alpha value is -3.33. The van der Waals surface area contributed by atoms with E-state index in [4.69, 9.17) is 15.0 Å². The molecule has 30 heavy (non-hydrogen) atoms. The molecule has 4 aromatic rings. The summed E-state index contributed by atoms with van der Waals surface area (Å²) >= 11 is 0. The van der Waals surface area contributed by atoms with Gasteiger partial charge in [-0.05, 0) is 93.1 Å². The summed E-state index contributed by atoms with van der Waals surface area (Å²) in [6.45, 7) is 12.7. The number of benzene rings is 3. The van der Waals surface area contributed by atoms with E-state index in [1.807, 2.05) is 0 Å². The van der Waals surface area contributed by atoms with Crippen LogP contribution < -0.4 is 0 Å². The highest BCUT2D eigenvalue weighted by Crippen LogP contribution is 2.27. The van der Waals surface area contributed by atoms with Crippen LogP contribution in [0.3, 0.4) is 0 Å². The van der Waals surface area contributed by atoms with Crippen LogP contribution in [0.4, 0.5) is 0 Å². The molecular formula is C27H27N3. The maximum Gasteiger partial charge on any atom is 0.164 e. The predicted octanol–water partition coefficient (Wildman–Crippen LogP) is 6.72. The molecule has 0 unspecified atom stereocenters. The van der Waals surface area contributed by atoms with E-state index in [1.165, 1.54) is 33.4 Å². The molecule has 0 bridgehead atoms. The monoisotopic (exact) mass is 393 g/mol. The number of hydrogen-bond acceptors (Lipinski definition) is 3. The van der Waals surface area contributed by atoms with Crippen molar-refractivity contribution in [1.82, 2.24) is 15.0 Å². The average molecular weight is 394 g/mol. The molecule has 0 aliphatic rings. The fraction of sp³-hybridized carbons (Fsp3) is 0.222. The lowest BCUT2D eigenvalue weighted by Gasteiger charge is -2.11. The van der Waals surface area contributed by atoms with Gasteiger partial charge in [0, 0.05) is 16.7 Å². The Kier molecular flexibility index (Phi) is 5.21. The van der Waals surface area contributed by atoms with Crippen molar-refractivity contribution >= 4 is 0 Å². The molecule has 1 aromatic heterocycles. The lowest BCUT2D eigenvalue weighted by atomic mass is 10.0. The van der Waals surface area contributed by atoms with Crippen molar-refractivity contribution in [3.8, 4) is 34.2 Å². The quantitative estimate of drug-likeness (QED) is 0.388. The second-order valence-electron chi connectivity index (χ2n) is 8.20. The lowest BCUT2D eigenvalue weighted by molar-refractivity contribution is 1.07. The Bertz CT molecular complexity index is 1090. The van der Waals surface area contributed by atoms with Crippen LogP contribution in [0.15, 0.2) is 54.6 Å². The van der Waals surface area contributed by atoms with Gasteiger partial charge in [0.1, 0.15) is 0 Å². The molecule has 0 amide bonds. The maximum atomic E-state index is 4.86. The van der Waals surface area contributed by atoms with Crippen LogP contribution in [0.1, 0.15) is 33.4 Å². The third-order valence-electron chi connectivity index (χ3n) is 5.93. The van der Waals surface area contributed by atoms with E-state index in [0.29, 0.717) is 17.5 Å². The Labute approximate surface area is 178 Å². The van der Waals surface area contributed by atoms with Gasteiger partial charge in [0.25, 0.3) is 0 Å². The lowest BCUT2D eigenvalue weighted by Crippen LogP contribution is -2.01. The van der Waals surface area contributed by atoms with E-state index in [1.54, 1.807) is 0 Å². The highest BCUT2D eigenvalue weighted by Gasteiger charge is 2.13. The number of hydrogen-bond donors (Lipinski definition) is 0. The molecule has 0 saturated carbocycles. The molecule has 0 atom stereocenters. The summed E-state index contributed by atoms with van der Waals surface area (Å²) in [7, 11) is 0. The smallest absolute Gasteiger partial charge is 0.164 e. The average Bonchev–Trinajstić information content (AvgIpc) is 2.73. The Morgan fingerprint density at radius 1 is 0.367 bits per heavy atom. The minimum Gasteiger partial charge on any atom is -0.208 e. The van der Waals surface area contributed by atoms with E-state index in [-0.39, 0.29) is 0 Å². The van der Waals surface area contributed by atoms with E-state index in [0.717, 1.165) is 16.7 Å². The minimum absolute atomic E-state index is 0.703. The van der Waals surface area contributed by atoms with Crippen molar-refractivity contribution in [3.05, 3.63) is 88.0 Å². The van der Waals surface area contributed by atoms with E-state index in [2.05, 4.69) is 96.1 Å². The third kappa shape index (κ3) is 3.88. The van der Waals surface area contributed by atoms with Gasteiger partial charge in [0.2, 0.25) is 0 Å². The SMILES string of the molecule is Cc1ccc(-c2nc(-c3ccc(C)c(C)c3)nc(-c3ccc(C)c(C)c3)n2)cc1C. The van der Waals surface area contributed by atoms with Crippen molar-refractivity contribution in [2.24, 2.45) is 0 Å². The normalized spacial score (nSPS) is 11.0. The van der Waals surface area contributed by atoms with Crippen LogP contribution in [0.5, 0.6) is 0 Å². The first kappa shape index (κ1) is 20.0.